The van der Waals surface area contributed by atoms with Gasteiger partial charge in [0.1, 0.15) is 35.1 Å². The zero-order valence-electron chi connectivity index (χ0n) is 27.2. The molecule has 44 heavy (non-hydrogen) atoms. The highest BCUT2D eigenvalue weighted by Crippen LogP contribution is 2.19. The lowest BCUT2D eigenvalue weighted by molar-refractivity contribution is -0.133. The normalized spacial score (nSPS) is 13.7. The van der Waals surface area contributed by atoms with E-state index in [9.17, 15) is 19.2 Å². The van der Waals surface area contributed by atoms with Crippen LogP contribution in [0, 0.1) is 5.92 Å². The summed E-state index contributed by atoms with van der Waals surface area (Å²) in [6.45, 7) is 14.8. The van der Waals surface area contributed by atoms with Gasteiger partial charge in [-0.2, -0.15) is 0 Å². The Morgan fingerprint density at radius 1 is 0.682 bits per heavy atom. The summed E-state index contributed by atoms with van der Waals surface area (Å²) in [5.41, 5.74) is 2.56. The van der Waals surface area contributed by atoms with Gasteiger partial charge in [-0.3, -0.25) is 19.8 Å². The first-order chi connectivity index (χ1) is 20.5. The smallest absolute Gasteiger partial charge is 0.408 e. The molecule has 11 heteroatoms. The summed E-state index contributed by atoms with van der Waals surface area (Å²) in [6.07, 6.45) is -0.131. The van der Waals surface area contributed by atoms with E-state index in [-0.39, 0.29) is 30.8 Å². The average Bonchev–Trinajstić information content (AvgIpc) is 2.91. The highest BCUT2D eigenvalue weighted by atomic mass is 16.6. The standard InChI is InChI=1S/C33H49N5O6/c1-21(2)18-25(35-29(40)26(19-22-12-10-9-11-13-22)37-31(42)44-33(6,7)8)28(39)36-27(30(41)38-34)20-23-14-16-24(17-15-23)43-32(3,4)5/h9-17,21,25-27H,18-20,34H2,1-8H3,(H,35,40)(H,36,39)(H,37,42)(H,38,41)/t25-,26-,27-/m0/s1. The molecule has 4 amide bonds. The molecule has 2 aromatic carbocycles. The molecule has 242 valence electrons. The van der Waals surface area contributed by atoms with Gasteiger partial charge in [-0.15, -0.1) is 0 Å². The number of benzene rings is 2. The van der Waals surface area contributed by atoms with E-state index in [1.165, 1.54) is 0 Å². The number of nitrogens with one attached hydrogen (secondary N) is 4. The number of rotatable bonds is 13. The van der Waals surface area contributed by atoms with E-state index in [4.69, 9.17) is 15.3 Å². The van der Waals surface area contributed by atoms with Gasteiger partial charge in [-0.25, -0.2) is 10.6 Å². The minimum Gasteiger partial charge on any atom is -0.488 e. The van der Waals surface area contributed by atoms with Gasteiger partial charge < -0.3 is 25.4 Å². The second-order valence-electron chi connectivity index (χ2n) is 13.2. The second kappa shape index (κ2) is 16.1. The van der Waals surface area contributed by atoms with Gasteiger partial charge in [0.25, 0.3) is 5.91 Å². The molecule has 0 radical (unpaired) electrons. The third-order valence-electron chi connectivity index (χ3n) is 6.19. The van der Waals surface area contributed by atoms with Gasteiger partial charge in [0, 0.05) is 12.8 Å². The predicted molar refractivity (Wildman–Crippen MR) is 169 cm³/mol. The molecule has 0 aliphatic carbocycles. The van der Waals surface area contributed by atoms with E-state index in [1.54, 1.807) is 32.9 Å². The van der Waals surface area contributed by atoms with Crippen molar-refractivity contribution in [1.82, 2.24) is 21.4 Å². The molecule has 0 saturated heterocycles. The van der Waals surface area contributed by atoms with Crippen LogP contribution in [0.5, 0.6) is 5.75 Å². The lowest BCUT2D eigenvalue weighted by Gasteiger charge is -2.27. The van der Waals surface area contributed by atoms with Gasteiger partial charge in [-0.05, 0) is 77.1 Å². The third kappa shape index (κ3) is 13.5. The van der Waals surface area contributed by atoms with Crippen molar-refractivity contribution in [2.75, 3.05) is 0 Å². The Kier molecular flexibility index (Phi) is 13.2. The second-order valence-corrected chi connectivity index (χ2v) is 13.2. The molecule has 0 unspecified atom stereocenters. The first-order valence-electron chi connectivity index (χ1n) is 14.9. The summed E-state index contributed by atoms with van der Waals surface area (Å²) in [5, 5.41) is 8.19. The SMILES string of the molecule is CC(C)C[C@H](NC(=O)[C@H](Cc1ccccc1)NC(=O)OC(C)(C)C)C(=O)N[C@@H](Cc1ccc(OC(C)(C)C)cc1)C(=O)NN. The average molecular weight is 612 g/mol. The van der Waals surface area contributed by atoms with Crippen LogP contribution in [0.4, 0.5) is 4.79 Å². The van der Waals surface area contributed by atoms with Gasteiger partial charge in [-0.1, -0.05) is 56.3 Å². The van der Waals surface area contributed by atoms with Crippen molar-refractivity contribution in [3.05, 3.63) is 65.7 Å². The van der Waals surface area contributed by atoms with Crippen molar-refractivity contribution in [3.8, 4) is 5.75 Å². The molecule has 0 bridgehead atoms. The summed E-state index contributed by atoms with van der Waals surface area (Å²) >= 11 is 0. The Hall–Kier alpha value is -4.12. The summed E-state index contributed by atoms with van der Waals surface area (Å²) in [7, 11) is 0. The minimum absolute atomic E-state index is 0.0228. The number of carbonyl (C=O) groups is 4. The van der Waals surface area contributed by atoms with Crippen LogP contribution in [0.2, 0.25) is 0 Å². The molecule has 2 rings (SSSR count). The zero-order valence-corrected chi connectivity index (χ0v) is 27.2. The van der Waals surface area contributed by atoms with Crippen LogP contribution in [0.25, 0.3) is 0 Å². The van der Waals surface area contributed by atoms with Gasteiger partial charge in [0.2, 0.25) is 11.8 Å². The molecule has 0 aliphatic heterocycles. The van der Waals surface area contributed by atoms with Crippen molar-refractivity contribution in [3.63, 3.8) is 0 Å². The van der Waals surface area contributed by atoms with Crippen molar-refractivity contribution < 1.29 is 28.7 Å². The quantitative estimate of drug-likeness (QED) is 0.132. The minimum atomic E-state index is -1.02. The lowest BCUT2D eigenvalue weighted by Crippen LogP contribution is -2.58. The van der Waals surface area contributed by atoms with E-state index in [1.807, 2.05) is 77.1 Å². The topological polar surface area (TPSA) is 161 Å². The fourth-order valence-electron chi connectivity index (χ4n) is 4.35. The van der Waals surface area contributed by atoms with Crippen LogP contribution in [-0.2, 0) is 32.0 Å². The van der Waals surface area contributed by atoms with Crippen LogP contribution in [-0.4, -0.2) is 53.1 Å². The zero-order chi connectivity index (χ0) is 33.1. The van der Waals surface area contributed by atoms with Crippen LogP contribution in [0.1, 0.15) is 72.9 Å². The fraction of sp³-hybridized carbons (Fsp3) is 0.515. The Labute approximate surface area is 261 Å². The maximum absolute atomic E-state index is 13.6. The Balaban J connectivity index is 2.23. The van der Waals surface area contributed by atoms with Crippen LogP contribution in [0.15, 0.2) is 54.6 Å². The van der Waals surface area contributed by atoms with Gasteiger partial charge in [0.15, 0.2) is 0 Å². The van der Waals surface area contributed by atoms with Gasteiger partial charge in [0.05, 0.1) is 0 Å². The highest BCUT2D eigenvalue weighted by Gasteiger charge is 2.31. The van der Waals surface area contributed by atoms with E-state index < -0.39 is 47.5 Å². The first-order valence-corrected chi connectivity index (χ1v) is 14.9. The maximum Gasteiger partial charge on any atom is 0.408 e. The molecule has 3 atom stereocenters. The number of hydrogen-bond donors (Lipinski definition) is 5. The highest BCUT2D eigenvalue weighted by molar-refractivity contribution is 5.94. The van der Waals surface area contributed by atoms with E-state index in [0.717, 1.165) is 11.1 Å². The molecule has 0 aliphatic rings. The Morgan fingerprint density at radius 3 is 1.68 bits per heavy atom. The third-order valence-corrected chi connectivity index (χ3v) is 6.19. The van der Waals surface area contributed by atoms with Gasteiger partial charge >= 0.3 is 6.09 Å². The number of alkyl carbamates (subject to hydrolysis) is 1. The molecular weight excluding hydrogens is 562 g/mol. The molecule has 11 nitrogen and oxygen atoms in total. The summed E-state index contributed by atoms with van der Waals surface area (Å²) < 4.78 is 11.2. The van der Waals surface area contributed by atoms with Crippen molar-refractivity contribution in [2.24, 2.45) is 11.8 Å². The molecule has 6 N–H and O–H groups in total. The fourth-order valence-corrected chi connectivity index (χ4v) is 4.35. The summed E-state index contributed by atoms with van der Waals surface area (Å²) in [5.74, 6) is 4.44. The molecule has 0 aromatic heterocycles. The molecule has 0 saturated carbocycles. The number of hydrogen-bond acceptors (Lipinski definition) is 7. The maximum atomic E-state index is 13.6. The lowest BCUT2D eigenvalue weighted by atomic mass is 10.00. The Bertz CT molecular complexity index is 1240. The predicted octanol–water partition coefficient (Wildman–Crippen LogP) is 3.55. The van der Waals surface area contributed by atoms with Crippen molar-refractivity contribution >= 4 is 23.8 Å². The monoisotopic (exact) mass is 611 g/mol. The molecular formula is C33H49N5O6. The molecule has 0 spiro atoms. The molecule has 0 fully saturated rings. The van der Waals surface area contributed by atoms with Crippen molar-refractivity contribution in [2.45, 2.75) is 104 Å². The number of nitrogens with two attached hydrogens (primary N) is 1. The molecule has 0 heterocycles. The number of carbonyl (C=O) groups excluding carboxylic acids is 4. The van der Waals surface area contributed by atoms with Crippen molar-refractivity contribution in [1.29, 1.82) is 0 Å². The number of amides is 4. The van der Waals surface area contributed by atoms with E-state index in [2.05, 4.69) is 21.4 Å². The van der Waals surface area contributed by atoms with Crippen LogP contribution < -0.4 is 32.0 Å². The van der Waals surface area contributed by atoms with E-state index >= 15 is 0 Å². The molecule has 2 aromatic rings. The van der Waals surface area contributed by atoms with E-state index in [0.29, 0.717) is 5.75 Å². The number of hydrazine groups is 1. The Morgan fingerprint density at radius 2 is 1.18 bits per heavy atom. The number of ether oxygens (including phenoxy) is 2. The summed E-state index contributed by atoms with van der Waals surface area (Å²) in [6, 6.07) is 13.4. The summed E-state index contributed by atoms with van der Waals surface area (Å²) in [4.78, 5) is 52.4. The van der Waals surface area contributed by atoms with Crippen LogP contribution >= 0.6 is 0 Å². The largest absolute Gasteiger partial charge is 0.488 e. The van der Waals surface area contributed by atoms with Crippen LogP contribution in [0.3, 0.4) is 0 Å². The first kappa shape index (κ1) is 36.1.